The number of hydrogen-bond acceptors (Lipinski definition) is 6. The highest BCUT2D eigenvalue weighted by Gasteiger charge is 2.63. The molecule has 2 bridgehead atoms. The molecule has 12 heteroatoms. The van der Waals surface area contributed by atoms with Crippen molar-refractivity contribution in [1.82, 2.24) is 10.6 Å². The van der Waals surface area contributed by atoms with E-state index in [0.29, 0.717) is 32.2 Å². The standard InChI is InChI=1S/C21H30F3N3O6/c1-10(2)5-13(16-12-7-20(8-12,33-16)19(25)31)18(30)27-14(6-11-3-4-26-17(11)29)15(28)9-32-21(22,23)24/h10-14,16H,3-9H2,1-2H3,(H2,25,31)(H,26,29)(H,27,30)/t11-,12?,13-,14-,16?,20?/m0/s1. The van der Waals surface area contributed by atoms with Crippen LogP contribution in [0.25, 0.3) is 0 Å². The van der Waals surface area contributed by atoms with Crippen molar-refractivity contribution in [2.75, 3.05) is 13.2 Å². The molecule has 0 aromatic heterocycles. The quantitative estimate of drug-likeness (QED) is 0.403. The zero-order valence-electron chi connectivity index (χ0n) is 18.6. The SMILES string of the molecule is CC(C)C[C@H](C(=O)N[C@@H](C[C@@H]1CCNC1=O)C(=O)COC(F)(F)F)C1OC2(C(N)=O)CC1C2. The van der Waals surface area contributed by atoms with E-state index in [1.165, 1.54) is 0 Å². The van der Waals surface area contributed by atoms with Crippen molar-refractivity contribution in [1.29, 1.82) is 0 Å². The lowest BCUT2D eigenvalue weighted by Gasteiger charge is -2.32. The Hall–Kier alpha value is -2.21. The molecule has 4 fully saturated rings. The highest BCUT2D eigenvalue weighted by molar-refractivity contribution is 5.92. The number of alkyl halides is 3. The predicted molar refractivity (Wildman–Crippen MR) is 107 cm³/mol. The lowest BCUT2D eigenvalue weighted by Crippen LogP contribution is -2.49. The van der Waals surface area contributed by atoms with Crippen LogP contribution in [-0.2, 0) is 28.7 Å². The third kappa shape index (κ3) is 5.84. The lowest BCUT2D eigenvalue weighted by molar-refractivity contribution is -0.321. The van der Waals surface area contributed by atoms with Gasteiger partial charge in [-0.2, -0.15) is 0 Å². The lowest BCUT2D eigenvalue weighted by atomic mass is 9.69. The topological polar surface area (TPSA) is 137 Å². The van der Waals surface area contributed by atoms with Crippen LogP contribution in [0.3, 0.4) is 0 Å². The van der Waals surface area contributed by atoms with Crippen LogP contribution in [0.15, 0.2) is 0 Å². The number of carbonyl (C=O) groups is 4. The van der Waals surface area contributed by atoms with Crippen LogP contribution in [0.2, 0.25) is 0 Å². The van der Waals surface area contributed by atoms with E-state index in [4.69, 9.17) is 10.5 Å². The minimum absolute atomic E-state index is 0.0460. The number of hydrogen-bond donors (Lipinski definition) is 3. The molecule has 33 heavy (non-hydrogen) atoms. The average Bonchev–Trinajstić information content (AvgIpc) is 3.36. The van der Waals surface area contributed by atoms with Gasteiger partial charge in [-0.15, -0.1) is 13.2 Å². The number of ether oxygens (including phenoxy) is 2. The number of primary amides is 1. The molecule has 4 aliphatic rings. The molecule has 3 amide bonds. The Morgan fingerprint density at radius 1 is 1.30 bits per heavy atom. The van der Waals surface area contributed by atoms with Crippen LogP contribution < -0.4 is 16.4 Å². The number of halogens is 3. The molecule has 1 unspecified atom stereocenters. The van der Waals surface area contributed by atoms with Crippen molar-refractivity contribution in [3.05, 3.63) is 0 Å². The molecule has 0 aromatic rings. The minimum atomic E-state index is -5.00. The molecule has 1 aliphatic carbocycles. The zero-order chi connectivity index (χ0) is 24.6. The molecule has 4 N–H and O–H groups in total. The molecule has 0 radical (unpaired) electrons. The Kier molecular flexibility index (Phi) is 7.37. The van der Waals surface area contributed by atoms with Crippen molar-refractivity contribution in [3.63, 3.8) is 0 Å². The summed E-state index contributed by atoms with van der Waals surface area (Å²) in [5.74, 6) is -3.77. The van der Waals surface area contributed by atoms with Gasteiger partial charge < -0.3 is 21.1 Å². The Morgan fingerprint density at radius 3 is 2.45 bits per heavy atom. The van der Waals surface area contributed by atoms with Crippen molar-refractivity contribution in [3.8, 4) is 0 Å². The van der Waals surface area contributed by atoms with Crippen LogP contribution in [-0.4, -0.2) is 60.8 Å². The molecule has 4 atom stereocenters. The van der Waals surface area contributed by atoms with Crippen LogP contribution >= 0.6 is 0 Å². The highest BCUT2D eigenvalue weighted by atomic mass is 19.4. The second-order valence-electron chi connectivity index (χ2n) is 9.62. The molecular weight excluding hydrogens is 447 g/mol. The maximum atomic E-state index is 13.3. The molecule has 186 valence electrons. The Labute approximate surface area is 189 Å². The molecule has 0 aromatic carbocycles. The average molecular weight is 477 g/mol. The first-order valence-corrected chi connectivity index (χ1v) is 11.1. The number of amides is 3. The van der Waals surface area contributed by atoms with E-state index in [2.05, 4.69) is 15.4 Å². The van der Waals surface area contributed by atoms with Crippen LogP contribution in [0.4, 0.5) is 13.2 Å². The third-order valence-electron chi connectivity index (χ3n) is 6.68. The molecule has 3 aliphatic heterocycles. The summed E-state index contributed by atoms with van der Waals surface area (Å²) in [5.41, 5.74) is 4.37. The van der Waals surface area contributed by atoms with Gasteiger partial charge in [-0.25, -0.2) is 0 Å². The van der Waals surface area contributed by atoms with Gasteiger partial charge in [0.25, 0.3) is 0 Å². The minimum Gasteiger partial charge on any atom is -0.367 e. The highest BCUT2D eigenvalue weighted by Crippen LogP contribution is 2.54. The molecule has 4 rings (SSSR count). The van der Waals surface area contributed by atoms with Crippen LogP contribution in [0.5, 0.6) is 0 Å². The summed E-state index contributed by atoms with van der Waals surface area (Å²) in [6.07, 6.45) is -4.10. The Morgan fingerprint density at radius 2 is 1.97 bits per heavy atom. The molecular formula is C21H30F3N3O6. The number of rotatable bonds is 11. The summed E-state index contributed by atoms with van der Waals surface area (Å²) in [5, 5.41) is 5.16. The number of ketones is 1. The first-order chi connectivity index (χ1) is 15.3. The van der Waals surface area contributed by atoms with Gasteiger partial charge in [-0.05, 0) is 43.9 Å². The molecule has 1 saturated carbocycles. The van der Waals surface area contributed by atoms with Gasteiger partial charge in [0.05, 0.1) is 18.1 Å². The molecule has 3 saturated heterocycles. The first kappa shape index (κ1) is 25.4. The Balaban J connectivity index is 1.74. The summed E-state index contributed by atoms with van der Waals surface area (Å²) in [4.78, 5) is 49.5. The van der Waals surface area contributed by atoms with E-state index in [1.54, 1.807) is 0 Å². The van der Waals surface area contributed by atoms with E-state index in [9.17, 15) is 32.3 Å². The first-order valence-electron chi connectivity index (χ1n) is 11.1. The normalized spacial score (nSPS) is 30.5. The Bertz CT molecular complexity index is 797. The second kappa shape index (κ2) is 9.57. The van der Waals surface area contributed by atoms with Gasteiger partial charge in [0, 0.05) is 12.5 Å². The van der Waals surface area contributed by atoms with E-state index in [-0.39, 0.29) is 24.2 Å². The maximum Gasteiger partial charge on any atom is 0.522 e. The van der Waals surface area contributed by atoms with Crippen molar-refractivity contribution in [2.45, 2.75) is 70.1 Å². The third-order valence-corrected chi connectivity index (χ3v) is 6.68. The smallest absolute Gasteiger partial charge is 0.367 e. The van der Waals surface area contributed by atoms with Gasteiger partial charge in [-0.3, -0.25) is 23.9 Å². The number of carbonyl (C=O) groups excluding carboxylic acids is 4. The fourth-order valence-corrected chi connectivity index (χ4v) is 5.00. The fraction of sp³-hybridized carbons (Fsp3) is 0.810. The summed E-state index contributed by atoms with van der Waals surface area (Å²) >= 11 is 0. The molecule has 0 spiro atoms. The number of fused-ring (bicyclic) bond motifs is 1. The number of nitrogens with two attached hydrogens (primary N) is 1. The summed E-state index contributed by atoms with van der Waals surface area (Å²) in [7, 11) is 0. The van der Waals surface area contributed by atoms with Gasteiger partial charge >= 0.3 is 6.36 Å². The van der Waals surface area contributed by atoms with Gasteiger partial charge in [0.15, 0.2) is 5.78 Å². The van der Waals surface area contributed by atoms with E-state index >= 15 is 0 Å². The van der Waals surface area contributed by atoms with Gasteiger partial charge in [0.2, 0.25) is 17.7 Å². The predicted octanol–water partition coefficient (Wildman–Crippen LogP) is 0.798. The zero-order valence-corrected chi connectivity index (χ0v) is 18.6. The molecule has 3 heterocycles. The number of nitrogens with one attached hydrogen (secondary N) is 2. The summed E-state index contributed by atoms with van der Waals surface area (Å²) < 4.78 is 46.9. The monoisotopic (exact) mass is 477 g/mol. The van der Waals surface area contributed by atoms with Crippen molar-refractivity contribution in [2.24, 2.45) is 29.4 Å². The van der Waals surface area contributed by atoms with E-state index < -0.39 is 60.1 Å². The number of Topliss-reactive ketones (excluding diaryl/α,β-unsaturated/α-hetero) is 1. The van der Waals surface area contributed by atoms with E-state index in [1.807, 2.05) is 13.8 Å². The van der Waals surface area contributed by atoms with Crippen LogP contribution in [0, 0.1) is 23.7 Å². The van der Waals surface area contributed by atoms with Crippen molar-refractivity contribution < 1.29 is 41.8 Å². The van der Waals surface area contributed by atoms with E-state index in [0.717, 1.165) is 0 Å². The van der Waals surface area contributed by atoms with Gasteiger partial charge in [0.1, 0.15) is 12.2 Å². The fourth-order valence-electron chi connectivity index (χ4n) is 5.00. The van der Waals surface area contributed by atoms with Gasteiger partial charge in [-0.1, -0.05) is 13.8 Å². The van der Waals surface area contributed by atoms with Crippen molar-refractivity contribution >= 4 is 23.5 Å². The summed E-state index contributed by atoms with van der Waals surface area (Å²) in [6, 6.07) is -1.33. The maximum absolute atomic E-state index is 13.3. The molecule has 9 nitrogen and oxygen atoms in total. The summed E-state index contributed by atoms with van der Waals surface area (Å²) in [6.45, 7) is 2.91. The van der Waals surface area contributed by atoms with Crippen LogP contribution in [0.1, 0.15) is 46.0 Å². The largest absolute Gasteiger partial charge is 0.522 e. The second-order valence-corrected chi connectivity index (χ2v) is 9.62.